The van der Waals surface area contributed by atoms with E-state index in [0.717, 1.165) is 18.2 Å². The van der Waals surface area contributed by atoms with E-state index >= 15 is 0 Å². The Balaban J connectivity index is 5.33. The zero-order chi connectivity index (χ0) is 21.0. The smallest absolute Gasteiger partial charge is 0.330 e. The molecule has 0 aliphatic heterocycles. The Kier molecular flexibility index (Phi) is 10.4. The van der Waals surface area contributed by atoms with Crippen molar-refractivity contribution in [1.29, 1.82) is 0 Å². The molecule has 27 heavy (non-hydrogen) atoms. The maximum absolute atomic E-state index is 12.0. The second-order valence-corrected chi connectivity index (χ2v) is 6.46. The summed E-state index contributed by atoms with van der Waals surface area (Å²) in [6, 6.07) is 0. The molecule has 8 nitrogen and oxygen atoms in total. The highest BCUT2D eigenvalue weighted by atomic mass is 16.6. The average molecular weight is 382 g/mol. The standard InChI is InChI=1S/C19H26O8/c1-7-15(20)24-10-13(11-26-18(23)19(4,5)6)14(27-17(22)9-3)12-25-16(21)8-2/h7-9,13-14H,1-3,10-12H2,4-6H3. The largest absolute Gasteiger partial charge is 0.465 e. The molecule has 0 aromatic heterocycles. The number of carbonyl (C=O) groups is 4. The molecule has 2 unspecified atom stereocenters. The minimum absolute atomic E-state index is 0.235. The monoisotopic (exact) mass is 382 g/mol. The molecule has 0 N–H and O–H groups in total. The average Bonchev–Trinajstić information content (AvgIpc) is 2.63. The number of hydrogen-bond acceptors (Lipinski definition) is 8. The van der Waals surface area contributed by atoms with Gasteiger partial charge in [0.05, 0.1) is 11.3 Å². The molecule has 0 fully saturated rings. The molecule has 0 spiro atoms. The van der Waals surface area contributed by atoms with Crippen LogP contribution in [0.15, 0.2) is 38.0 Å². The van der Waals surface area contributed by atoms with Gasteiger partial charge in [-0.25, -0.2) is 14.4 Å². The highest BCUT2D eigenvalue weighted by molar-refractivity contribution is 5.82. The van der Waals surface area contributed by atoms with Gasteiger partial charge in [-0.1, -0.05) is 19.7 Å². The van der Waals surface area contributed by atoms with E-state index in [4.69, 9.17) is 18.9 Å². The molecular weight excluding hydrogens is 356 g/mol. The summed E-state index contributed by atoms with van der Waals surface area (Å²) in [4.78, 5) is 46.3. The Bertz CT molecular complexity index is 585. The van der Waals surface area contributed by atoms with Gasteiger partial charge in [-0.05, 0) is 20.8 Å². The normalized spacial score (nSPS) is 12.7. The highest BCUT2D eigenvalue weighted by Crippen LogP contribution is 2.18. The zero-order valence-corrected chi connectivity index (χ0v) is 15.9. The lowest BCUT2D eigenvalue weighted by Crippen LogP contribution is -2.39. The zero-order valence-electron chi connectivity index (χ0n) is 15.9. The fourth-order valence-corrected chi connectivity index (χ4v) is 1.60. The maximum atomic E-state index is 12.0. The van der Waals surface area contributed by atoms with Gasteiger partial charge < -0.3 is 18.9 Å². The van der Waals surface area contributed by atoms with Crippen molar-refractivity contribution in [1.82, 2.24) is 0 Å². The van der Waals surface area contributed by atoms with E-state index in [0.29, 0.717) is 0 Å². The van der Waals surface area contributed by atoms with Crippen LogP contribution in [0.4, 0.5) is 0 Å². The minimum atomic E-state index is -1.05. The first-order valence-corrected chi connectivity index (χ1v) is 8.13. The molecule has 0 saturated carbocycles. The van der Waals surface area contributed by atoms with Crippen molar-refractivity contribution in [2.24, 2.45) is 11.3 Å². The Morgan fingerprint density at radius 1 is 0.778 bits per heavy atom. The molecule has 150 valence electrons. The van der Waals surface area contributed by atoms with E-state index in [1.807, 2.05) is 0 Å². The van der Waals surface area contributed by atoms with Crippen LogP contribution in [0.3, 0.4) is 0 Å². The fourth-order valence-electron chi connectivity index (χ4n) is 1.60. The Morgan fingerprint density at radius 3 is 1.67 bits per heavy atom. The van der Waals surface area contributed by atoms with Crippen LogP contribution in [0.2, 0.25) is 0 Å². The van der Waals surface area contributed by atoms with E-state index in [9.17, 15) is 19.2 Å². The molecule has 0 aromatic rings. The van der Waals surface area contributed by atoms with E-state index in [-0.39, 0.29) is 19.8 Å². The van der Waals surface area contributed by atoms with Gasteiger partial charge >= 0.3 is 23.9 Å². The van der Waals surface area contributed by atoms with Gasteiger partial charge in [0.25, 0.3) is 0 Å². The van der Waals surface area contributed by atoms with Crippen molar-refractivity contribution in [2.75, 3.05) is 19.8 Å². The summed E-state index contributed by atoms with van der Waals surface area (Å²) in [5.41, 5.74) is -0.759. The van der Waals surface area contributed by atoms with Crippen LogP contribution in [-0.4, -0.2) is 49.8 Å². The topological polar surface area (TPSA) is 105 Å². The molecule has 0 aliphatic rings. The molecule has 0 heterocycles. The van der Waals surface area contributed by atoms with Crippen molar-refractivity contribution >= 4 is 23.9 Å². The first-order chi connectivity index (χ1) is 12.5. The molecule has 0 rings (SSSR count). The summed E-state index contributed by atoms with van der Waals surface area (Å²) >= 11 is 0. The van der Waals surface area contributed by atoms with Gasteiger partial charge in [0.15, 0.2) is 0 Å². The highest BCUT2D eigenvalue weighted by Gasteiger charge is 2.31. The summed E-state index contributed by atoms with van der Waals surface area (Å²) in [5, 5.41) is 0. The molecular formula is C19H26O8. The second-order valence-electron chi connectivity index (χ2n) is 6.46. The quantitative estimate of drug-likeness (QED) is 0.302. The van der Waals surface area contributed by atoms with E-state index in [1.165, 1.54) is 0 Å². The van der Waals surface area contributed by atoms with Crippen LogP contribution in [0.1, 0.15) is 20.8 Å². The van der Waals surface area contributed by atoms with Crippen LogP contribution in [0, 0.1) is 11.3 Å². The number of hydrogen-bond donors (Lipinski definition) is 0. The molecule has 0 bridgehead atoms. The molecule has 0 aromatic carbocycles. The lowest BCUT2D eigenvalue weighted by atomic mass is 9.97. The van der Waals surface area contributed by atoms with Gasteiger partial charge in [-0.3, -0.25) is 4.79 Å². The number of ether oxygens (including phenoxy) is 4. The fraction of sp³-hybridized carbons (Fsp3) is 0.474. The third-order valence-corrected chi connectivity index (χ3v) is 3.16. The van der Waals surface area contributed by atoms with E-state index < -0.39 is 41.3 Å². The maximum Gasteiger partial charge on any atom is 0.330 e. The van der Waals surface area contributed by atoms with Gasteiger partial charge in [-0.15, -0.1) is 0 Å². The van der Waals surface area contributed by atoms with Gasteiger partial charge in [0.2, 0.25) is 0 Å². The summed E-state index contributed by atoms with van der Waals surface area (Å²) in [5.74, 6) is -3.51. The second kappa shape index (κ2) is 11.7. The van der Waals surface area contributed by atoms with Crippen molar-refractivity contribution in [3.8, 4) is 0 Å². The number of carbonyl (C=O) groups excluding carboxylic acids is 4. The molecule has 0 aliphatic carbocycles. The SMILES string of the molecule is C=CC(=O)OCC(COC(=O)C(C)(C)C)C(COC(=O)C=C)OC(=O)C=C. The third kappa shape index (κ3) is 9.98. The predicted molar refractivity (Wildman–Crippen MR) is 96.3 cm³/mol. The minimum Gasteiger partial charge on any atom is -0.465 e. The van der Waals surface area contributed by atoms with Gasteiger partial charge in [0, 0.05) is 18.2 Å². The van der Waals surface area contributed by atoms with Crippen LogP contribution in [0.25, 0.3) is 0 Å². The summed E-state index contributed by atoms with van der Waals surface area (Å²) < 4.78 is 20.3. The first-order valence-electron chi connectivity index (χ1n) is 8.13. The van der Waals surface area contributed by atoms with E-state index in [2.05, 4.69) is 19.7 Å². The van der Waals surface area contributed by atoms with Crippen LogP contribution < -0.4 is 0 Å². The number of esters is 4. The molecule has 0 radical (unpaired) electrons. The van der Waals surface area contributed by atoms with Crippen LogP contribution in [-0.2, 0) is 38.1 Å². The molecule has 0 amide bonds. The summed E-state index contributed by atoms with van der Waals surface area (Å²) in [6.07, 6.45) is 1.78. The Hall–Kier alpha value is -2.90. The lowest BCUT2D eigenvalue weighted by molar-refractivity contribution is -0.167. The Labute approximate surface area is 158 Å². The van der Waals surface area contributed by atoms with Crippen molar-refractivity contribution in [2.45, 2.75) is 26.9 Å². The number of rotatable bonds is 11. The molecule has 0 saturated heterocycles. The Morgan fingerprint density at radius 2 is 1.22 bits per heavy atom. The summed E-state index contributed by atoms with van der Waals surface area (Å²) in [7, 11) is 0. The summed E-state index contributed by atoms with van der Waals surface area (Å²) in [6.45, 7) is 14.0. The van der Waals surface area contributed by atoms with Crippen molar-refractivity contribution in [3.63, 3.8) is 0 Å². The molecule has 2 atom stereocenters. The third-order valence-electron chi connectivity index (χ3n) is 3.16. The van der Waals surface area contributed by atoms with Crippen LogP contribution in [0.5, 0.6) is 0 Å². The van der Waals surface area contributed by atoms with Crippen molar-refractivity contribution < 1.29 is 38.1 Å². The van der Waals surface area contributed by atoms with Gasteiger partial charge in [0.1, 0.15) is 25.9 Å². The predicted octanol–water partition coefficient (Wildman–Crippen LogP) is 1.75. The lowest BCUT2D eigenvalue weighted by Gasteiger charge is -2.27. The first kappa shape index (κ1) is 24.1. The van der Waals surface area contributed by atoms with Crippen molar-refractivity contribution in [3.05, 3.63) is 38.0 Å². The van der Waals surface area contributed by atoms with Crippen LogP contribution >= 0.6 is 0 Å². The molecule has 8 heteroatoms. The van der Waals surface area contributed by atoms with E-state index in [1.54, 1.807) is 20.8 Å². The van der Waals surface area contributed by atoms with Gasteiger partial charge in [-0.2, -0.15) is 0 Å².